The van der Waals surface area contributed by atoms with Gasteiger partial charge in [0.1, 0.15) is 5.75 Å². The number of aryl methyl sites for hydroxylation is 2. The predicted octanol–water partition coefficient (Wildman–Crippen LogP) is 2.70. The summed E-state index contributed by atoms with van der Waals surface area (Å²) in [5.41, 5.74) is 3.26. The number of hydrogen-bond acceptors (Lipinski definition) is 4. The van der Waals surface area contributed by atoms with Gasteiger partial charge < -0.3 is 10.1 Å². The lowest BCUT2D eigenvalue weighted by Crippen LogP contribution is -2.21. The van der Waals surface area contributed by atoms with Crippen molar-refractivity contribution < 1.29 is 4.74 Å². The fourth-order valence-corrected chi connectivity index (χ4v) is 2.43. The summed E-state index contributed by atoms with van der Waals surface area (Å²) in [5.74, 6) is 0.814. The van der Waals surface area contributed by atoms with Crippen molar-refractivity contribution in [3.8, 4) is 5.75 Å². The van der Waals surface area contributed by atoms with E-state index in [1.807, 2.05) is 30.9 Å². The third-order valence-electron chi connectivity index (χ3n) is 3.36. The smallest absolute Gasteiger partial charge is 0.137 e. The van der Waals surface area contributed by atoms with Crippen molar-refractivity contribution in [1.29, 1.82) is 0 Å². The lowest BCUT2D eigenvalue weighted by molar-refractivity contribution is 0.315. The van der Waals surface area contributed by atoms with Crippen LogP contribution in [-0.4, -0.2) is 28.4 Å². The molecule has 0 amide bonds. The van der Waals surface area contributed by atoms with Crippen LogP contribution in [0.25, 0.3) is 0 Å². The molecule has 0 aliphatic rings. The highest BCUT2D eigenvalue weighted by molar-refractivity contribution is 5.32. The Morgan fingerprint density at radius 3 is 2.76 bits per heavy atom. The van der Waals surface area contributed by atoms with Crippen molar-refractivity contribution >= 4 is 0 Å². The Kier molecular flexibility index (Phi) is 5.33. The van der Waals surface area contributed by atoms with Crippen molar-refractivity contribution in [2.75, 3.05) is 13.7 Å². The molecule has 2 aromatic heterocycles. The minimum absolute atomic E-state index is 0.0591. The van der Waals surface area contributed by atoms with Gasteiger partial charge in [-0.2, -0.15) is 5.10 Å². The van der Waals surface area contributed by atoms with Crippen LogP contribution in [0.3, 0.4) is 0 Å². The minimum atomic E-state index is 0.0591. The first-order chi connectivity index (χ1) is 10.2. The summed E-state index contributed by atoms with van der Waals surface area (Å²) < 4.78 is 7.70. The van der Waals surface area contributed by atoms with Gasteiger partial charge in [0.05, 0.1) is 30.2 Å². The molecule has 5 heteroatoms. The van der Waals surface area contributed by atoms with Crippen LogP contribution >= 0.6 is 0 Å². The maximum absolute atomic E-state index is 5.68. The normalized spacial score (nSPS) is 12.4. The zero-order chi connectivity index (χ0) is 15.2. The number of hydrogen-bond donors (Lipinski definition) is 1. The van der Waals surface area contributed by atoms with E-state index in [4.69, 9.17) is 4.74 Å². The highest BCUT2D eigenvalue weighted by atomic mass is 16.5. The first kappa shape index (κ1) is 15.5. The lowest BCUT2D eigenvalue weighted by atomic mass is 10.1. The zero-order valence-electron chi connectivity index (χ0n) is 13.3. The van der Waals surface area contributed by atoms with Gasteiger partial charge in [-0.3, -0.25) is 9.67 Å². The van der Waals surface area contributed by atoms with Crippen LogP contribution in [0.2, 0.25) is 0 Å². The fraction of sp³-hybridized carbons (Fsp3) is 0.500. The first-order valence-electron chi connectivity index (χ1n) is 7.48. The van der Waals surface area contributed by atoms with Gasteiger partial charge in [-0.1, -0.05) is 6.92 Å². The van der Waals surface area contributed by atoms with Crippen molar-refractivity contribution in [3.63, 3.8) is 0 Å². The van der Waals surface area contributed by atoms with Gasteiger partial charge in [0.2, 0.25) is 0 Å². The van der Waals surface area contributed by atoms with Crippen LogP contribution in [0.1, 0.15) is 43.3 Å². The first-order valence-corrected chi connectivity index (χ1v) is 7.48. The molecule has 2 heterocycles. The number of rotatable bonds is 7. The third kappa shape index (κ3) is 3.61. The molecule has 0 saturated carbocycles. The van der Waals surface area contributed by atoms with E-state index >= 15 is 0 Å². The highest BCUT2D eigenvalue weighted by Gasteiger charge is 2.18. The standard InChI is InChI=1S/C16H24N4O/c1-5-7-21-14-9-13(10-18-11-14)16(17-4)15-8-12(3)19-20(15)6-2/h8-11,16-17H,5-7H2,1-4H3. The van der Waals surface area contributed by atoms with Gasteiger partial charge >= 0.3 is 0 Å². The molecule has 1 unspecified atom stereocenters. The summed E-state index contributed by atoms with van der Waals surface area (Å²) in [5, 5.41) is 7.87. The second-order valence-corrected chi connectivity index (χ2v) is 5.05. The average Bonchev–Trinajstić information content (AvgIpc) is 2.87. The molecule has 0 spiro atoms. The molecule has 1 atom stereocenters. The Bertz CT molecular complexity index is 579. The molecule has 21 heavy (non-hydrogen) atoms. The van der Waals surface area contributed by atoms with E-state index < -0.39 is 0 Å². The minimum Gasteiger partial charge on any atom is -0.492 e. The number of aromatic nitrogens is 3. The fourth-order valence-electron chi connectivity index (χ4n) is 2.43. The molecule has 0 aromatic carbocycles. The van der Waals surface area contributed by atoms with Gasteiger partial charge in [-0.25, -0.2) is 0 Å². The molecule has 2 rings (SSSR count). The Labute approximate surface area is 126 Å². The Morgan fingerprint density at radius 2 is 2.10 bits per heavy atom. The monoisotopic (exact) mass is 288 g/mol. The number of pyridine rings is 1. The highest BCUT2D eigenvalue weighted by Crippen LogP contribution is 2.24. The van der Waals surface area contributed by atoms with E-state index in [1.54, 1.807) is 6.20 Å². The molecule has 0 aliphatic carbocycles. The van der Waals surface area contributed by atoms with Gasteiger partial charge in [-0.15, -0.1) is 0 Å². The Balaban J connectivity index is 2.32. The Hall–Kier alpha value is -1.88. The predicted molar refractivity (Wildman–Crippen MR) is 83.6 cm³/mol. The molecule has 2 aromatic rings. The second kappa shape index (κ2) is 7.22. The summed E-state index contributed by atoms with van der Waals surface area (Å²) in [7, 11) is 1.95. The molecular weight excluding hydrogens is 264 g/mol. The molecule has 0 radical (unpaired) electrons. The van der Waals surface area contributed by atoms with Gasteiger partial charge in [0.15, 0.2) is 0 Å². The maximum atomic E-state index is 5.68. The molecule has 0 bridgehead atoms. The lowest BCUT2D eigenvalue weighted by Gasteiger charge is -2.18. The van der Waals surface area contributed by atoms with Crippen molar-refractivity contribution in [2.24, 2.45) is 0 Å². The number of ether oxygens (including phenoxy) is 1. The quantitative estimate of drug-likeness (QED) is 0.851. The Morgan fingerprint density at radius 1 is 1.29 bits per heavy atom. The molecule has 0 aliphatic heterocycles. The van der Waals surface area contributed by atoms with Crippen molar-refractivity contribution in [2.45, 2.75) is 39.8 Å². The summed E-state index contributed by atoms with van der Waals surface area (Å²) >= 11 is 0. The van der Waals surface area contributed by atoms with Crippen LogP contribution in [0.15, 0.2) is 24.5 Å². The number of nitrogens with zero attached hydrogens (tertiary/aromatic N) is 3. The summed E-state index contributed by atoms with van der Waals surface area (Å²) in [6.45, 7) is 7.77. The molecule has 1 N–H and O–H groups in total. The summed E-state index contributed by atoms with van der Waals surface area (Å²) in [6.07, 6.45) is 4.62. The van der Waals surface area contributed by atoms with Gasteiger partial charge in [-0.05, 0) is 45.0 Å². The largest absolute Gasteiger partial charge is 0.492 e. The average molecular weight is 288 g/mol. The van der Waals surface area contributed by atoms with Crippen LogP contribution in [-0.2, 0) is 6.54 Å². The molecule has 5 nitrogen and oxygen atoms in total. The molecule has 0 saturated heterocycles. The third-order valence-corrected chi connectivity index (χ3v) is 3.36. The molecule has 114 valence electrons. The molecule has 0 fully saturated rings. The van der Waals surface area contributed by atoms with E-state index in [9.17, 15) is 0 Å². The van der Waals surface area contributed by atoms with E-state index in [0.717, 1.165) is 35.7 Å². The topological polar surface area (TPSA) is 52.0 Å². The van der Waals surface area contributed by atoms with E-state index in [-0.39, 0.29) is 6.04 Å². The molecular formula is C16H24N4O. The van der Waals surface area contributed by atoms with Crippen LogP contribution in [0.4, 0.5) is 0 Å². The SMILES string of the molecule is CCCOc1cncc(C(NC)c2cc(C)nn2CC)c1. The van der Waals surface area contributed by atoms with E-state index in [2.05, 4.69) is 35.3 Å². The van der Waals surface area contributed by atoms with Crippen LogP contribution < -0.4 is 10.1 Å². The van der Waals surface area contributed by atoms with Crippen LogP contribution in [0, 0.1) is 6.92 Å². The van der Waals surface area contributed by atoms with Gasteiger partial charge in [0, 0.05) is 12.7 Å². The van der Waals surface area contributed by atoms with Crippen molar-refractivity contribution in [1.82, 2.24) is 20.1 Å². The summed E-state index contributed by atoms with van der Waals surface area (Å²) in [4.78, 5) is 4.30. The van der Waals surface area contributed by atoms with E-state index in [1.165, 1.54) is 0 Å². The summed E-state index contributed by atoms with van der Waals surface area (Å²) in [6, 6.07) is 4.22. The van der Waals surface area contributed by atoms with Crippen molar-refractivity contribution in [3.05, 3.63) is 41.5 Å². The van der Waals surface area contributed by atoms with Crippen LogP contribution in [0.5, 0.6) is 5.75 Å². The van der Waals surface area contributed by atoms with E-state index in [0.29, 0.717) is 6.61 Å². The second-order valence-electron chi connectivity index (χ2n) is 5.05. The number of nitrogens with one attached hydrogen (secondary N) is 1. The zero-order valence-corrected chi connectivity index (χ0v) is 13.3. The van der Waals surface area contributed by atoms with Gasteiger partial charge in [0.25, 0.3) is 0 Å². The maximum Gasteiger partial charge on any atom is 0.137 e.